The molecule has 0 aromatic carbocycles. The van der Waals surface area contributed by atoms with Gasteiger partial charge in [-0.25, -0.2) is 9.59 Å². The van der Waals surface area contributed by atoms with E-state index in [1.165, 1.54) is 38.0 Å². The zero-order chi connectivity index (χ0) is 9.72. The molecule has 0 aliphatic rings. The summed E-state index contributed by atoms with van der Waals surface area (Å²) in [5, 5.41) is 6.33. The van der Waals surface area contributed by atoms with Crippen molar-refractivity contribution >= 4 is 12.1 Å². The van der Waals surface area contributed by atoms with Crippen LogP contribution in [0.5, 0.6) is 0 Å². The van der Waals surface area contributed by atoms with Gasteiger partial charge in [0, 0.05) is 68.1 Å². The third-order valence-corrected chi connectivity index (χ3v) is 0.986. The van der Waals surface area contributed by atoms with Crippen molar-refractivity contribution < 1.29 is 49.5 Å². The van der Waals surface area contributed by atoms with Crippen LogP contribution in [0.3, 0.4) is 0 Å². The summed E-state index contributed by atoms with van der Waals surface area (Å²) in [5.74, 6) is 0. The van der Waals surface area contributed by atoms with Gasteiger partial charge >= 0.3 is 12.1 Å². The van der Waals surface area contributed by atoms with E-state index in [0.717, 1.165) is 0 Å². The predicted molar refractivity (Wildman–Crippen MR) is 43.0 cm³/mol. The van der Waals surface area contributed by atoms with Crippen molar-refractivity contribution in [3.05, 3.63) is 0 Å². The van der Waals surface area contributed by atoms with E-state index in [4.69, 9.17) is 0 Å². The zero-order valence-corrected chi connectivity index (χ0v) is 10.2. The summed E-state index contributed by atoms with van der Waals surface area (Å²) in [6, 6.07) is -1.10. The van der Waals surface area contributed by atoms with E-state index in [9.17, 15) is 9.59 Å². The molecule has 0 saturated heterocycles. The second-order valence-electron chi connectivity index (χ2n) is 2.55. The van der Waals surface area contributed by atoms with Crippen LogP contribution in [0.4, 0.5) is 9.59 Å². The van der Waals surface area contributed by atoms with Gasteiger partial charge in [-0.15, -0.1) is 0 Å². The van der Waals surface area contributed by atoms with E-state index in [1.807, 2.05) is 0 Å². The van der Waals surface area contributed by atoms with Crippen LogP contribution in [0.15, 0.2) is 10.2 Å². The molecule has 4 amide bonds. The van der Waals surface area contributed by atoms with Gasteiger partial charge in [0.1, 0.15) is 0 Å². The Bertz CT molecular complexity index is 193. The van der Waals surface area contributed by atoms with Gasteiger partial charge in [0.15, 0.2) is 0 Å². The molecule has 0 radical (unpaired) electrons. The second-order valence-corrected chi connectivity index (χ2v) is 2.55. The standard InChI is InChI=1S/C6H12N4O2.Gd/c1-9(2)5(11)7-8-6(12)10(3)4;/h1-4H3;. The van der Waals surface area contributed by atoms with Crippen LogP contribution in [0.1, 0.15) is 0 Å². The first-order valence-electron chi connectivity index (χ1n) is 3.29. The van der Waals surface area contributed by atoms with Gasteiger partial charge in [0.25, 0.3) is 0 Å². The number of nitrogens with zero attached hydrogens (tertiary/aromatic N) is 4. The largest absolute Gasteiger partial charge is 0.361 e. The minimum Gasteiger partial charge on any atom is -0.328 e. The Balaban J connectivity index is 0. The first kappa shape index (κ1) is 15.3. The predicted octanol–water partition coefficient (Wildman–Crippen LogP) is 0.802. The number of azo groups is 1. The number of hydrogen-bond acceptors (Lipinski definition) is 2. The van der Waals surface area contributed by atoms with Crippen LogP contribution in [-0.2, 0) is 0 Å². The molecule has 0 aromatic heterocycles. The minimum atomic E-state index is -0.551. The Morgan fingerprint density at radius 2 is 1.08 bits per heavy atom. The molecular formula is C6H12GdN4O2. The fourth-order valence-corrected chi connectivity index (χ4v) is 0.264. The Morgan fingerprint density at radius 1 is 0.846 bits per heavy atom. The quantitative estimate of drug-likeness (QED) is 0.617. The maximum atomic E-state index is 10.8. The van der Waals surface area contributed by atoms with Gasteiger partial charge in [-0.1, -0.05) is 10.2 Å². The normalized spacial score (nSPS) is 9.23. The van der Waals surface area contributed by atoms with E-state index in [1.54, 1.807) is 0 Å². The molecule has 13 heavy (non-hydrogen) atoms. The van der Waals surface area contributed by atoms with Gasteiger partial charge < -0.3 is 9.80 Å². The number of rotatable bonds is 0. The van der Waals surface area contributed by atoms with E-state index in [2.05, 4.69) is 10.2 Å². The molecule has 0 atom stereocenters. The molecule has 7 heteroatoms. The molecule has 0 rings (SSSR count). The van der Waals surface area contributed by atoms with Crippen molar-refractivity contribution in [1.82, 2.24) is 9.80 Å². The van der Waals surface area contributed by atoms with Gasteiger partial charge in [-0.05, 0) is 0 Å². The van der Waals surface area contributed by atoms with Crippen molar-refractivity contribution in [3.8, 4) is 0 Å². The number of urea groups is 2. The van der Waals surface area contributed by atoms with Gasteiger partial charge in [-0.2, -0.15) is 0 Å². The summed E-state index contributed by atoms with van der Waals surface area (Å²) in [6.45, 7) is 0. The molecule has 76 valence electrons. The summed E-state index contributed by atoms with van der Waals surface area (Å²) in [5.41, 5.74) is 0. The first-order chi connectivity index (χ1) is 5.45. The fourth-order valence-electron chi connectivity index (χ4n) is 0.264. The molecule has 0 bridgehead atoms. The number of carbonyl (C=O) groups excluding carboxylic acids is 2. The Labute approximate surface area is 109 Å². The van der Waals surface area contributed by atoms with E-state index in [0.29, 0.717) is 0 Å². The molecule has 0 unspecified atom stereocenters. The molecule has 0 heterocycles. The number of amides is 4. The maximum absolute atomic E-state index is 10.8. The first-order valence-corrected chi connectivity index (χ1v) is 3.29. The third-order valence-electron chi connectivity index (χ3n) is 0.986. The van der Waals surface area contributed by atoms with Gasteiger partial charge in [-0.3, -0.25) is 0 Å². The second kappa shape index (κ2) is 7.29. The van der Waals surface area contributed by atoms with Crippen LogP contribution in [0.2, 0.25) is 0 Å². The van der Waals surface area contributed by atoms with Crippen LogP contribution >= 0.6 is 0 Å². The molecule has 0 N–H and O–H groups in total. The molecular weight excluding hydrogens is 317 g/mol. The fraction of sp³-hybridized carbons (Fsp3) is 0.667. The zero-order valence-electron chi connectivity index (χ0n) is 7.96. The van der Waals surface area contributed by atoms with Crippen molar-refractivity contribution in [2.45, 2.75) is 0 Å². The Hall–Kier alpha value is -0.135. The van der Waals surface area contributed by atoms with E-state index in [-0.39, 0.29) is 39.9 Å². The van der Waals surface area contributed by atoms with Crippen LogP contribution in [-0.4, -0.2) is 50.1 Å². The smallest absolute Gasteiger partial charge is 0.328 e. The van der Waals surface area contributed by atoms with Crippen LogP contribution in [0, 0.1) is 39.9 Å². The minimum absolute atomic E-state index is 0. The molecule has 0 aliphatic carbocycles. The van der Waals surface area contributed by atoms with Crippen LogP contribution in [0.25, 0.3) is 0 Å². The third kappa shape index (κ3) is 6.98. The van der Waals surface area contributed by atoms with Crippen molar-refractivity contribution in [2.75, 3.05) is 28.2 Å². The summed E-state index contributed by atoms with van der Waals surface area (Å²) in [4.78, 5) is 24.0. The summed E-state index contributed by atoms with van der Waals surface area (Å²) in [7, 11) is 6.12. The molecule has 6 nitrogen and oxygen atoms in total. The van der Waals surface area contributed by atoms with E-state index >= 15 is 0 Å². The molecule has 0 aliphatic heterocycles. The van der Waals surface area contributed by atoms with Crippen molar-refractivity contribution in [2.24, 2.45) is 10.2 Å². The Kier molecular flexibility index (Phi) is 8.60. The topological polar surface area (TPSA) is 65.3 Å². The summed E-state index contributed by atoms with van der Waals surface area (Å²) >= 11 is 0. The van der Waals surface area contributed by atoms with Crippen molar-refractivity contribution in [3.63, 3.8) is 0 Å². The molecule has 0 fully saturated rings. The van der Waals surface area contributed by atoms with Crippen molar-refractivity contribution in [1.29, 1.82) is 0 Å². The monoisotopic (exact) mass is 330 g/mol. The number of hydrogen-bond donors (Lipinski definition) is 0. The van der Waals surface area contributed by atoms with E-state index < -0.39 is 12.1 Å². The molecule has 0 spiro atoms. The molecule has 0 aromatic rings. The van der Waals surface area contributed by atoms with Gasteiger partial charge in [0.05, 0.1) is 0 Å². The summed E-state index contributed by atoms with van der Waals surface area (Å²) < 4.78 is 0. The Morgan fingerprint density at radius 3 is 1.23 bits per heavy atom. The SMILES string of the molecule is CN(C)C(=O)N=NC(=O)N(C)C.[Gd]. The average molecular weight is 329 g/mol. The van der Waals surface area contributed by atoms with Crippen LogP contribution < -0.4 is 0 Å². The van der Waals surface area contributed by atoms with Gasteiger partial charge in [0.2, 0.25) is 0 Å². The summed E-state index contributed by atoms with van der Waals surface area (Å²) in [6.07, 6.45) is 0. The average Bonchev–Trinajstić information content (AvgIpc) is 1.98. The number of carbonyl (C=O) groups is 2. The maximum Gasteiger partial charge on any atom is 0.361 e. The molecule has 0 saturated carbocycles.